The maximum atomic E-state index is 6.05. The molecule has 0 saturated heterocycles. The smallest absolute Gasteiger partial charge is 0.198 e. The van der Waals surface area contributed by atoms with Gasteiger partial charge >= 0.3 is 0 Å². The van der Waals surface area contributed by atoms with Gasteiger partial charge in [-0.3, -0.25) is 5.84 Å². The number of hydrogen-bond donors (Lipinski definition) is 2. The van der Waals surface area contributed by atoms with E-state index in [9.17, 15) is 0 Å². The van der Waals surface area contributed by atoms with Crippen LogP contribution in [0.2, 0.25) is 5.22 Å². The van der Waals surface area contributed by atoms with Gasteiger partial charge in [0.2, 0.25) is 0 Å². The van der Waals surface area contributed by atoms with Crippen molar-refractivity contribution in [1.82, 2.24) is 5.43 Å². The Labute approximate surface area is 115 Å². The molecule has 0 spiro atoms. The van der Waals surface area contributed by atoms with Gasteiger partial charge in [-0.15, -0.1) is 0 Å². The molecule has 2 aromatic carbocycles. The van der Waals surface area contributed by atoms with E-state index in [0.717, 1.165) is 16.5 Å². The second kappa shape index (κ2) is 5.05. The van der Waals surface area contributed by atoms with Crippen LogP contribution >= 0.6 is 11.6 Å². The van der Waals surface area contributed by atoms with Crippen LogP contribution in [-0.2, 0) is 0 Å². The minimum Gasteiger partial charge on any atom is -0.453 e. The number of halogens is 1. The molecule has 0 bridgehead atoms. The number of benzene rings is 2. The molecule has 96 valence electrons. The predicted molar refractivity (Wildman–Crippen MR) is 76.8 cm³/mol. The molecule has 0 aliphatic heterocycles. The highest BCUT2D eigenvalue weighted by molar-refractivity contribution is 6.29. The molecular formula is C15H13ClN2O. The van der Waals surface area contributed by atoms with Crippen molar-refractivity contribution in [3.05, 3.63) is 71.1 Å². The van der Waals surface area contributed by atoms with Crippen LogP contribution in [0.3, 0.4) is 0 Å². The van der Waals surface area contributed by atoms with Crippen LogP contribution in [0.15, 0.2) is 59.2 Å². The van der Waals surface area contributed by atoms with Gasteiger partial charge in [0.05, 0.1) is 12.3 Å². The summed E-state index contributed by atoms with van der Waals surface area (Å²) >= 11 is 6.05. The molecule has 19 heavy (non-hydrogen) atoms. The van der Waals surface area contributed by atoms with Crippen molar-refractivity contribution in [1.29, 1.82) is 0 Å². The molecular weight excluding hydrogens is 260 g/mol. The average molecular weight is 273 g/mol. The van der Waals surface area contributed by atoms with Crippen molar-refractivity contribution in [3.63, 3.8) is 0 Å². The highest BCUT2D eigenvalue weighted by atomic mass is 35.5. The number of nitrogens with two attached hydrogens (primary N) is 1. The fourth-order valence-corrected chi connectivity index (χ4v) is 2.58. The molecule has 0 saturated carbocycles. The second-order valence-electron chi connectivity index (χ2n) is 4.32. The van der Waals surface area contributed by atoms with E-state index in [4.69, 9.17) is 21.9 Å². The number of nitrogens with one attached hydrogen (secondary N) is 1. The summed E-state index contributed by atoms with van der Waals surface area (Å²) in [6, 6.07) is 15.9. The minimum absolute atomic E-state index is 0.197. The van der Waals surface area contributed by atoms with Crippen molar-refractivity contribution in [2.24, 2.45) is 5.84 Å². The van der Waals surface area contributed by atoms with Gasteiger partial charge in [-0.1, -0.05) is 42.5 Å². The SMILES string of the molecule is NNC(c1ccoc1Cl)c1cccc2ccccc12. The van der Waals surface area contributed by atoms with E-state index in [1.165, 1.54) is 5.39 Å². The Bertz CT molecular complexity index is 703. The quantitative estimate of drug-likeness (QED) is 0.565. The summed E-state index contributed by atoms with van der Waals surface area (Å²) in [6.45, 7) is 0. The third-order valence-corrected chi connectivity index (χ3v) is 3.57. The van der Waals surface area contributed by atoms with Gasteiger partial charge in [0.25, 0.3) is 0 Å². The van der Waals surface area contributed by atoms with E-state index in [0.29, 0.717) is 5.22 Å². The summed E-state index contributed by atoms with van der Waals surface area (Å²) < 4.78 is 5.15. The van der Waals surface area contributed by atoms with E-state index in [2.05, 4.69) is 23.6 Å². The Morgan fingerprint density at radius 1 is 1.00 bits per heavy atom. The van der Waals surface area contributed by atoms with Gasteiger partial charge in [0.1, 0.15) is 0 Å². The first-order valence-electron chi connectivity index (χ1n) is 5.98. The Hall–Kier alpha value is -1.81. The first-order chi connectivity index (χ1) is 9.31. The summed E-state index contributed by atoms with van der Waals surface area (Å²) in [6.07, 6.45) is 1.56. The van der Waals surface area contributed by atoms with Crippen LogP contribution in [0, 0.1) is 0 Å². The zero-order valence-electron chi connectivity index (χ0n) is 10.1. The Kier molecular flexibility index (Phi) is 3.25. The van der Waals surface area contributed by atoms with Crippen molar-refractivity contribution in [2.75, 3.05) is 0 Å². The lowest BCUT2D eigenvalue weighted by Crippen LogP contribution is -2.28. The zero-order valence-corrected chi connectivity index (χ0v) is 10.9. The Morgan fingerprint density at radius 3 is 2.53 bits per heavy atom. The number of hydrogen-bond acceptors (Lipinski definition) is 3. The molecule has 3 rings (SSSR count). The van der Waals surface area contributed by atoms with E-state index in [1.807, 2.05) is 30.3 Å². The normalized spacial score (nSPS) is 12.7. The molecule has 3 nitrogen and oxygen atoms in total. The minimum atomic E-state index is -0.197. The monoisotopic (exact) mass is 272 g/mol. The van der Waals surface area contributed by atoms with Gasteiger partial charge in [-0.05, 0) is 34.0 Å². The molecule has 0 aliphatic carbocycles. The summed E-state index contributed by atoms with van der Waals surface area (Å²) in [5, 5.41) is 2.67. The number of hydrazine groups is 1. The van der Waals surface area contributed by atoms with Crippen molar-refractivity contribution >= 4 is 22.4 Å². The van der Waals surface area contributed by atoms with Crippen LogP contribution in [-0.4, -0.2) is 0 Å². The largest absolute Gasteiger partial charge is 0.453 e. The molecule has 1 heterocycles. The lowest BCUT2D eigenvalue weighted by atomic mass is 9.96. The van der Waals surface area contributed by atoms with Crippen LogP contribution in [0.1, 0.15) is 17.2 Å². The zero-order chi connectivity index (χ0) is 13.2. The third-order valence-electron chi connectivity index (χ3n) is 3.26. The molecule has 4 heteroatoms. The van der Waals surface area contributed by atoms with Crippen molar-refractivity contribution < 1.29 is 4.42 Å². The van der Waals surface area contributed by atoms with Crippen LogP contribution in [0.4, 0.5) is 0 Å². The van der Waals surface area contributed by atoms with Gasteiger partial charge in [-0.25, -0.2) is 5.43 Å². The maximum absolute atomic E-state index is 6.05. The molecule has 3 aromatic rings. The summed E-state index contributed by atoms with van der Waals surface area (Å²) in [7, 11) is 0. The van der Waals surface area contributed by atoms with Gasteiger partial charge in [0, 0.05) is 5.56 Å². The highest BCUT2D eigenvalue weighted by Crippen LogP contribution is 2.32. The average Bonchev–Trinajstić information content (AvgIpc) is 2.86. The molecule has 0 amide bonds. The second-order valence-corrected chi connectivity index (χ2v) is 4.66. The standard InChI is InChI=1S/C15H13ClN2O/c16-15-13(8-9-19-15)14(18-17)12-7-3-5-10-4-1-2-6-11(10)12/h1-9,14,18H,17H2. The summed E-state index contributed by atoms with van der Waals surface area (Å²) in [5.41, 5.74) is 4.72. The molecule has 0 fully saturated rings. The van der Waals surface area contributed by atoms with Crippen LogP contribution < -0.4 is 11.3 Å². The van der Waals surface area contributed by atoms with Gasteiger partial charge in [-0.2, -0.15) is 0 Å². The summed E-state index contributed by atoms with van der Waals surface area (Å²) in [4.78, 5) is 0. The van der Waals surface area contributed by atoms with Crippen molar-refractivity contribution in [2.45, 2.75) is 6.04 Å². The Balaban J connectivity index is 2.20. The van der Waals surface area contributed by atoms with E-state index in [-0.39, 0.29) is 6.04 Å². The molecule has 0 aliphatic rings. The molecule has 0 radical (unpaired) electrons. The van der Waals surface area contributed by atoms with Gasteiger partial charge < -0.3 is 4.42 Å². The fourth-order valence-electron chi connectivity index (χ4n) is 2.36. The third kappa shape index (κ3) is 2.12. The van der Waals surface area contributed by atoms with E-state index >= 15 is 0 Å². The number of rotatable bonds is 3. The van der Waals surface area contributed by atoms with E-state index in [1.54, 1.807) is 6.26 Å². The predicted octanol–water partition coefficient (Wildman–Crippen LogP) is 3.64. The number of furan rings is 1. The fraction of sp³-hybridized carbons (Fsp3) is 0.0667. The maximum Gasteiger partial charge on any atom is 0.198 e. The summed E-state index contributed by atoms with van der Waals surface area (Å²) in [5.74, 6) is 5.71. The first kappa shape index (κ1) is 12.2. The Morgan fingerprint density at radius 2 is 1.79 bits per heavy atom. The lowest BCUT2D eigenvalue weighted by molar-refractivity contribution is 0.556. The van der Waals surface area contributed by atoms with Gasteiger partial charge in [0.15, 0.2) is 5.22 Å². The van der Waals surface area contributed by atoms with Crippen molar-refractivity contribution in [3.8, 4) is 0 Å². The molecule has 3 N–H and O–H groups in total. The highest BCUT2D eigenvalue weighted by Gasteiger charge is 2.19. The molecule has 1 unspecified atom stereocenters. The van der Waals surface area contributed by atoms with E-state index < -0.39 is 0 Å². The topological polar surface area (TPSA) is 51.2 Å². The lowest BCUT2D eigenvalue weighted by Gasteiger charge is -2.17. The van der Waals surface area contributed by atoms with Crippen LogP contribution in [0.25, 0.3) is 10.8 Å². The molecule has 1 aromatic heterocycles. The molecule has 1 atom stereocenters. The first-order valence-corrected chi connectivity index (χ1v) is 6.35. The van der Waals surface area contributed by atoms with Crippen LogP contribution in [0.5, 0.6) is 0 Å². The number of fused-ring (bicyclic) bond motifs is 1.